The number of carbonyl (C=O) groups excluding carboxylic acids is 1. The number of carbonyl (C=O) groups is 1. The molecule has 2 aromatic heterocycles. The number of anilines is 2. The van der Waals surface area contributed by atoms with E-state index in [1.54, 1.807) is 26.4 Å². The van der Waals surface area contributed by atoms with Gasteiger partial charge in [0.2, 0.25) is 0 Å². The SMILES string of the molecule is COc1ccc(-c2ccc3c(N)c(C(=O)Nc4ccc(C)c(Cl)c4)sc3n2)cc1OC. The van der Waals surface area contributed by atoms with Gasteiger partial charge in [-0.15, -0.1) is 11.3 Å². The van der Waals surface area contributed by atoms with Crippen LogP contribution in [-0.4, -0.2) is 25.1 Å². The van der Waals surface area contributed by atoms with Gasteiger partial charge in [0.15, 0.2) is 11.5 Å². The molecule has 4 aromatic rings. The number of methoxy groups -OCH3 is 2. The zero-order valence-corrected chi connectivity index (χ0v) is 18.7. The predicted molar refractivity (Wildman–Crippen MR) is 127 cm³/mol. The number of nitrogens with zero attached hydrogens (tertiary/aromatic N) is 1. The molecule has 4 rings (SSSR count). The molecule has 0 aliphatic heterocycles. The summed E-state index contributed by atoms with van der Waals surface area (Å²) in [7, 11) is 3.18. The number of thiophene rings is 1. The van der Waals surface area contributed by atoms with Gasteiger partial charge < -0.3 is 20.5 Å². The zero-order chi connectivity index (χ0) is 22.1. The first kappa shape index (κ1) is 21.0. The van der Waals surface area contributed by atoms with Crippen molar-refractivity contribution in [3.63, 3.8) is 0 Å². The summed E-state index contributed by atoms with van der Waals surface area (Å²) < 4.78 is 10.7. The lowest BCUT2D eigenvalue weighted by Crippen LogP contribution is -2.11. The lowest BCUT2D eigenvalue weighted by molar-refractivity contribution is 0.103. The Balaban J connectivity index is 1.67. The van der Waals surface area contributed by atoms with E-state index in [4.69, 9.17) is 31.8 Å². The Hall–Kier alpha value is -3.29. The van der Waals surface area contributed by atoms with Crippen molar-refractivity contribution in [2.24, 2.45) is 0 Å². The third-order valence-electron chi connectivity index (χ3n) is 4.91. The highest BCUT2D eigenvalue weighted by Crippen LogP contribution is 2.36. The molecule has 0 atom stereocenters. The molecule has 0 saturated heterocycles. The highest BCUT2D eigenvalue weighted by atomic mass is 35.5. The number of fused-ring (bicyclic) bond motifs is 1. The number of aromatic nitrogens is 1. The summed E-state index contributed by atoms with van der Waals surface area (Å²) in [6, 6.07) is 14.7. The first-order valence-electron chi connectivity index (χ1n) is 9.40. The monoisotopic (exact) mass is 453 g/mol. The Labute approximate surface area is 188 Å². The number of benzene rings is 2. The molecule has 0 aliphatic rings. The molecular weight excluding hydrogens is 434 g/mol. The molecule has 0 fully saturated rings. The summed E-state index contributed by atoms with van der Waals surface area (Å²) in [6.45, 7) is 1.90. The summed E-state index contributed by atoms with van der Waals surface area (Å²) in [6.07, 6.45) is 0. The molecule has 158 valence electrons. The van der Waals surface area contributed by atoms with Gasteiger partial charge in [-0.2, -0.15) is 0 Å². The molecule has 0 saturated carbocycles. The van der Waals surface area contributed by atoms with Crippen LogP contribution in [0.25, 0.3) is 21.5 Å². The van der Waals surface area contributed by atoms with Crippen LogP contribution in [0.15, 0.2) is 48.5 Å². The van der Waals surface area contributed by atoms with Crippen molar-refractivity contribution in [3.05, 3.63) is 64.0 Å². The van der Waals surface area contributed by atoms with Crippen molar-refractivity contribution in [3.8, 4) is 22.8 Å². The van der Waals surface area contributed by atoms with E-state index in [2.05, 4.69) is 5.32 Å². The minimum absolute atomic E-state index is 0.298. The number of nitrogens with one attached hydrogen (secondary N) is 1. The molecule has 6 nitrogen and oxygen atoms in total. The minimum Gasteiger partial charge on any atom is -0.493 e. The topological polar surface area (TPSA) is 86.5 Å². The van der Waals surface area contributed by atoms with E-state index in [9.17, 15) is 4.79 Å². The molecule has 2 heterocycles. The average Bonchev–Trinajstić information content (AvgIpc) is 3.11. The Bertz CT molecular complexity index is 1300. The third kappa shape index (κ3) is 4.02. The van der Waals surface area contributed by atoms with Crippen molar-refractivity contribution in [1.82, 2.24) is 4.98 Å². The quantitative estimate of drug-likeness (QED) is 0.400. The zero-order valence-electron chi connectivity index (χ0n) is 17.2. The molecule has 0 unspecified atom stereocenters. The van der Waals surface area contributed by atoms with E-state index in [1.165, 1.54) is 11.3 Å². The second-order valence-corrected chi connectivity index (χ2v) is 8.29. The second kappa shape index (κ2) is 8.45. The molecule has 2 aromatic carbocycles. The maximum atomic E-state index is 12.8. The van der Waals surface area contributed by atoms with Crippen LogP contribution in [0.2, 0.25) is 5.02 Å². The number of rotatable bonds is 5. The van der Waals surface area contributed by atoms with Gasteiger partial charge in [-0.05, 0) is 55.0 Å². The van der Waals surface area contributed by atoms with E-state index in [0.717, 1.165) is 22.2 Å². The van der Waals surface area contributed by atoms with E-state index in [1.807, 2.05) is 43.3 Å². The third-order valence-corrected chi connectivity index (χ3v) is 6.43. The Morgan fingerprint density at radius 1 is 1.06 bits per heavy atom. The van der Waals surface area contributed by atoms with Crippen LogP contribution in [0.1, 0.15) is 15.2 Å². The highest BCUT2D eigenvalue weighted by Gasteiger charge is 2.18. The van der Waals surface area contributed by atoms with Crippen molar-refractivity contribution >= 4 is 50.4 Å². The van der Waals surface area contributed by atoms with Gasteiger partial charge >= 0.3 is 0 Å². The first-order valence-corrected chi connectivity index (χ1v) is 10.6. The van der Waals surface area contributed by atoms with Gasteiger partial charge in [-0.3, -0.25) is 4.79 Å². The first-order chi connectivity index (χ1) is 14.9. The largest absolute Gasteiger partial charge is 0.493 e. The second-order valence-electron chi connectivity index (χ2n) is 6.88. The summed E-state index contributed by atoms with van der Waals surface area (Å²) >= 11 is 7.40. The van der Waals surface area contributed by atoms with Crippen LogP contribution in [0.5, 0.6) is 11.5 Å². The number of nitrogens with two attached hydrogens (primary N) is 1. The standard InChI is InChI=1S/C23H20ClN3O3S/c1-12-4-6-14(11-16(12)24)26-22(28)21-20(25)15-7-8-17(27-23(15)31-21)13-5-9-18(29-2)19(10-13)30-3/h4-11H,25H2,1-3H3,(H,26,28). The van der Waals surface area contributed by atoms with Crippen molar-refractivity contribution in [1.29, 1.82) is 0 Å². The van der Waals surface area contributed by atoms with Gasteiger partial charge in [-0.25, -0.2) is 4.98 Å². The van der Waals surface area contributed by atoms with Crippen LogP contribution < -0.4 is 20.5 Å². The van der Waals surface area contributed by atoms with Crippen LogP contribution in [-0.2, 0) is 0 Å². The average molecular weight is 454 g/mol. The fourth-order valence-corrected chi connectivity index (χ4v) is 4.35. The number of nitrogen functional groups attached to an aromatic ring is 1. The summed E-state index contributed by atoms with van der Waals surface area (Å²) in [5.41, 5.74) is 9.83. The number of halogens is 1. The van der Waals surface area contributed by atoms with Crippen LogP contribution in [0, 0.1) is 6.92 Å². The van der Waals surface area contributed by atoms with E-state index in [0.29, 0.717) is 37.6 Å². The Morgan fingerprint density at radius 3 is 2.55 bits per heavy atom. The van der Waals surface area contributed by atoms with Crippen molar-refractivity contribution in [2.75, 3.05) is 25.3 Å². The number of ether oxygens (including phenoxy) is 2. The number of aryl methyl sites for hydroxylation is 1. The molecule has 31 heavy (non-hydrogen) atoms. The van der Waals surface area contributed by atoms with Gasteiger partial charge in [-0.1, -0.05) is 17.7 Å². The summed E-state index contributed by atoms with van der Waals surface area (Å²) in [5, 5.41) is 4.17. The lowest BCUT2D eigenvalue weighted by Gasteiger charge is -2.09. The molecular formula is C23H20ClN3O3S. The number of amides is 1. The fourth-order valence-electron chi connectivity index (χ4n) is 3.18. The van der Waals surface area contributed by atoms with E-state index in [-0.39, 0.29) is 5.91 Å². The molecule has 0 bridgehead atoms. The maximum absolute atomic E-state index is 12.8. The minimum atomic E-state index is -0.298. The fraction of sp³-hybridized carbons (Fsp3) is 0.130. The normalized spacial score (nSPS) is 10.8. The van der Waals surface area contributed by atoms with Gasteiger partial charge in [0, 0.05) is 21.7 Å². The molecule has 8 heteroatoms. The molecule has 0 radical (unpaired) electrons. The van der Waals surface area contributed by atoms with Gasteiger partial charge in [0.25, 0.3) is 5.91 Å². The van der Waals surface area contributed by atoms with Gasteiger partial charge in [0.05, 0.1) is 25.6 Å². The van der Waals surface area contributed by atoms with E-state index < -0.39 is 0 Å². The molecule has 1 amide bonds. The molecule has 0 aliphatic carbocycles. The maximum Gasteiger partial charge on any atom is 0.267 e. The van der Waals surface area contributed by atoms with Gasteiger partial charge in [0.1, 0.15) is 9.71 Å². The summed E-state index contributed by atoms with van der Waals surface area (Å²) in [4.78, 5) is 18.6. The smallest absolute Gasteiger partial charge is 0.267 e. The predicted octanol–water partition coefficient (Wildman–Crippen LogP) is 5.78. The Morgan fingerprint density at radius 2 is 1.84 bits per heavy atom. The number of hydrogen-bond donors (Lipinski definition) is 2. The molecule has 3 N–H and O–H groups in total. The van der Waals surface area contributed by atoms with Crippen molar-refractivity contribution < 1.29 is 14.3 Å². The Kier molecular flexibility index (Phi) is 5.71. The number of hydrogen-bond acceptors (Lipinski definition) is 6. The molecule has 0 spiro atoms. The van der Waals surface area contributed by atoms with Crippen LogP contribution in [0.4, 0.5) is 11.4 Å². The summed E-state index contributed by atoms with van der Waals surface area (Å²) in [5.74, 6) is 0.959. The lowest BCUT2D eigenvalue weighted by atomic mass is 10.1. The number of pyridine rings is 1. The van der Waals surface area contributed by atoms with Crippen molar-refractivity contribution in [2.45, 2.75) is 6.92 Å². The van der Waals surface area contributed by atoms with Crippen LogP contribution >= 0.6 is 22.9 Å². The van der Waals surface area contributed by atoms with Crippen LogP contribution in [0.3, 0.4) is 0 Å². The highest BCUT2D eigenvalue weighted by molar-refractivity contribution is 7.21. The van der Waals surface area contributed by atoms with E-state index >= 15 is 0 Å².